The third kappa shape index (κ3) is 5.18. The highest BCUT2D eigenvalue weighted by atomic mass is 16.1. The number of likely N-dealkylation sites (N-methyl/N-ethyl adjacent to an activating group) is 1. The predicted molar refractivity (Wildman–Crippen MR) is 112 cm³/mol. The number of nitrogens with zero attached hydrogens (tertiary/aromatic N) is 2. The Balaban J connectivity index is 1.59. The van der Waals surface area contributed by atoms with Crippen LogP contribution in [0.4, 0.5) is 0 Å². The summed E-state index contributed by atoms with van der Waals surface area (Å²) in [5, 5.41) is 3.15. The van der Waals surface area contributed by atoms with E-state index in [0.29, 0.717) is 18.5 Å². The molecule has 0 radical (unpaired) electrons. The number of hydrogen-bond acceptors (Lipinski definition) is 3. The van der Waals surface area contributed by atoms with Crippen LogP contribution in [0.3, 0.4) is 0 Å². The number of nitrogens with one attached hydrogen (secondary N) is 1. The van der Waals surface area contributed by atoms with Crippen LogP contribution in [-0.4, -0.2) is 61.5 Å². The number of carbonyl (C=O) groups is 1. The van der Waals surface area contributed by atoms with Gasteiger partial charge in [0.15, 0.2) is 0 Å². The maximum absolute atomic E-state index is 12.6. The quantitative estimate of drug-likeness (QED) is 0.853. The van der Waals surface area contributed by atoms with E-state index in [0.717, 1.165) is 37.3 Å². The van der Waals surface area contributed by atoms with Crippen molar-refractivity contribution < 1.29 is 4.79 Å². The minimum Gasteiger partial charge on any atom is -0.350 e. The fourth-order valence-electron chi connectivity index (χ4n) is 3.68. The van der Waals surface area contributed by atoms with Crippen LogP contribution in [0.5, 0.6) is 0 Å². The van der Waals surface area contributed by atoms with Gasteiger partial charge in [-0.2, -0.15) is 0 Å². The number of piperazine rings is 1. The van der Waals surface area contributed by atoms with Crippen LogP contribution in [0.25, 0.3) is 11.1 Å². The molecule has 1 aliphatic rings. The maximum atomic E-state index is 12.6. The van der Waals surface area contributed by atoms with Crippen molar-refractivity contribution in [1.29, 1.82) is 0 Å². The molecule has 0 aromatic heterocycles. The average Bonchev–Trinajstić information content (AvgIpc) is 2.70. The average molecular weight is 366 g/mol. The van der Waals surface area contributed by atoms with Crippen molar-refractivity contribution in [3.63, 3.8) is 0 Å². The molecule has 2 aromatic rings. The van der Waals surface area contributed by atoms with Crippen molar-refractivity contribution in [2.45, 2.75) is 19.9 Å². The SMILES string of the molecule is CC(C)C(CNC(=O)c1ccc(-c2ccccc2)cc1)N1CCN(C)CC1. The summed E-state index contributed by atoms with van der Waals surface area (Å²) in [6.45, 7) is 9.51. The van der Waals surface area contributed by atoms with E-state index >= 15 is 0 Å². The summed E-state index contributed by atoms with van der Waals surface area (Å²) >= 11 is 0. The largest absolute Gasteiger partial charge is 0.350 e. The Bertz CT molecular complexity index is 719. The van der Waals surface area contributed by atoms with Crippen molar-refractivity contribution >= 4 is 5.91 Å². The first-order valence-corrected chi connectivity index (χ1v) is 9.91. The fourth-order valence-corrected chi connectivity index (χ4v) is 3.68. The fraction of sp³-hybridized carbons (Fsp3) is 0.435. The summed E-state index contributed by atoms with van der Waals surface area (Å²) in [5.74, 6) is 0.517. The van der Waals surface area contributed by atoms with Gasteiger partial charge in [0.2, 0.25) is 0 Å². The van der Waals surface area contributed by atoms with E-state index in [2.05, 4.69) is 48.1 Å². The van der Waals surface area contributed by atoms with Gasteiger partial charge >= 0.3 is 0 Å². The second-order valence-corrected chi connectivity index (χ2v) is 7.80. The lowest BCUT2D eigenvalue weighted by atomic mass is 10.0. The zero-order chi connectivity index (χ0) is 19.2. The third-order valence-corrected chi connectivity index (χ3v) is 5.50. The molecule has 0 saturated carbocycles. The molecule has 1 atom stereocenters. The molecule has 1 amide bonds. The van der Waals surface area contributed by atoms with Gasteiger partial charge in [-0.3, -0.25) is 9.69 Å². The lowest BCUT2D eigenvalue weighted by Gasteiger charge is -2.39. The highest BCUT2D eigenvalue weighted by Gasteiger charge is 2.25. The van der Waals surface area contributed by atoms with Crippen LogP contribution in [0, 0.1) is 5.92 Å². The number of benzene rings is 2. The van der Waals surface area contributed by atoms with E-state index in [9.17, 15) is 4.79 Å². The van der Waals surface area contributed by atoms with Gasteiger partial charge in [-0.05, 0) is 36.2 Å². The molecule has 0 aliphatic carbocycles. The number of rotatable bonds is 6. The molecule has 3 rings (SSSR count). The van der Waals surface area contributed by atoms with Crippen LogP contribution in [0.15, 0.2) is 54.6 Å². The lowest BCUT2D eigenvalue weighted by Crippen LogP contribution is -2.54. The first kappa shape index (κ1) is 19.6. The molecule has 1 fully saturated rings. The van der Waals surface area contributed by atoms with E-state index < -0.39 is 0 Å². The third-order valence-electron chi connectivity index (χ3n) is 5.50. The van der Waals surface area contributed by atoms with Crippen LogP contribution >= 0.6 is 0 Å². The van der Waals surface area contributed by atoms with Gasteiger partial charge in [-0.15, -0.1) is 0 Å². The number of amides is 1. The molecule has 0 bridgehead atoms. The molecule has 27 heavy (non-hydrogen) atoms. The summed E-state index contributed by atoms with van der Waals surface area (Å²) in [4.78, 5) is 17.5. The molecule has 144 valence electrons. The molecule has 1 saturated heterocycles. The summed E-state index contributed by atoms with van der Waals surface area (Å²) in [6.07, 6.45) is 0. The van der Waals surface area contributed by atoms with E-state index in [1.54, 1.807) is 0 Å². The van der Waals surface area contributed by atoms with Crippen molar-refractivity contribution in [2.75, 3.05) is 39.8 Å². The summed E-state index contributed by atoms with van der Waals surface area (Å²) in [7, 11) is 2.17. The second kappa shape index (κ2) is 9.16. The number of carbonyl (C=O) groups excluding carboxylic acids is 1. The monoisotopic (exact) mass is 365 g/mol. The van der Waals surface area contributed by atoms with Crippen molar-refractivity contribution in [3.05, 3.63) is 60.2 Å². The zero-order valence-electron chi connectivity index (χ0n) is 16.7. The smallest absolute Gasteiger partial charge is 0.251 e. The molecule has 0 spiro atoms. The van der Waals surface area contributed by atoms with Gasteiger partial charge in [-0.25, -0.2) is 0 Å². The Hall–Kier alpha value is -2.17. The van der Waals surface area contributed by atoms with Gasteiger partial charge < -0.3 is 10.2 Å². The van der Waals surface area contributed by atoms with Gasteiger partial charge in [0.1, 0.15) is 0 Å². The van der Waals surface area contributed by atoms with Crippen molar-refractivity contribution in [3.8, 4) is 11.1 Å². The molecule has 1 heterocycles. The van der Waals surface area contributed by atoms with E-state index in [4.69, 9.17) is 0 Å². The Morgan fingerprint density at radius 2 is 1.52 bits per heavy atom. The van der Waals surface area contributed by atoms with Crippen molar-refractivity contribution in [1.82, 2.24) is 15.1 Å². The van der Waals surface area contributed by atoms with E-state index in [-0.39, 0.29) is 5.91 Å². The van der Waals surface area contributed by atoms with Gasteiger partial charge in [0, 0.05) is 44.3 Å². The highest BCUT2D eigenvalue weighted by molar-refractivity contribution is 5.94. The Morgan fingerprint density at radius 3 is 2.11 bits per heavy atom. The predicted octanol–water partition coefficient (Wildman–Crippen LogP) is 3.36. The molecule has 4 nitrogen and oxygen atoms in total. The molecule has 1 N–H and O–H groups in total. The van der Waals surface area contributed by atoms with E-state index in [1.807, 2.05) is 42.5 Å². The summed E-state index contributed by atoms with van der Waals surface area (Å²) in [5.41, 5.74) is 3.01. The standard InChI is InChI=1S/C23H31N3O/c1-18(2)22(26-15-13-25(3)14-16-26)17-24-23(27)21-11-9-20(10-12-21)19-7-5-4-6-8-19/h4-12,18,22H,13-17H2,1-3H3,(H,24,27). The summed E-state index contributed by atoms with van der Waals surface area (Å²) < 4.78 is 0. The molecule has 1 unspecified atom stereocenters. The molecule has 1 aliphatic heterocycles. The Morgan fingerprint density at radius 1 is 0.926 bits per heavy atom. The van der Waals surface area contributed by atoms with Gasteiger partial charge in [-0.1, -0.05) is 56.3 Å². The lowest BCUT2D eigenvalue weighted by molar-refractivity contribution is 0.0791. The van der Waals surface area contributed by atoms with Crippen molar-refractivity contribution in [2.24, 2.45) is 5.92 Å². The molecular formula is C23H31N3O. The maximum Gasteiger partial charge on any atom is 0.251 e. The summed E-state index contributed by atoms with van der Waals surface area (Å²) in [6, 6.07) is 18.5. The van der Waals surface area contributed by atoms with Crippen LogP contribution in [0.1, 0.15) is 24.2 Å². The second-order valence-electron chi connectivity index (χ2n) is 7.80. The minimum atomic E-state index is 0.00869. The van der Waals surface area contributed by atoms with Crippen LogP contribution < -0.4 is 5.32 Å². The molecular weight excluding hydrogens is 334 g/mol. The zero-order valence-corrected chi connectivity index (χ0v) is 16.7. The van der Waals surface area contributed by atoms with Crippen LogP contribution in [0.2, 0.25) is 0 Å². The first-order valence-electron chi connectivity index (χ1n) is 9.91. The molecule has 2 aromatic carbocycles. The van der Waals surface area contributed by atoms with Gasteiger partial charge in [0.05, 0.1) is 0 Å². The Labute approximate surface area is 163 Å². The van der Waals surface area contributed by atoms with E-state index in [1.165, 1.54) is 5.56 Å². The van der Waals surface area contributed by atoms with Crippen LogP contribution in [-0.2, 0) is 0 Å². The number of hydrogen-bond donors (Lipinski definition) is 1. The normalized spacial score (nSPS) is 17.0. The van der Waals surface area contributed by atoms with Gasteiger partial charge in [0.25, 0.3) is 5.91 Å². The highest BCUT2D eigenvalue weighted by Crippen LogP contribution is 2.19. The Kier molecular flexibility index (Phi) is 6.64. The molecule has 4 heteroatoms. The topological polar surface area (TPSA) is 35.6 Å². The minimum absolute atomic E-state index is 0.00869. The first-order chi connectivity index (χ1) is 13.0.